The summed E-state index contributed by atoms with van der Waals surface area (Å²) in [6, 6.07) is 0. The molecule has 0 spiro atoms. The van der Waals surface area contributed by atoms with Crippen LogP contribution in [0.4, 0.5) is 0 Å². The van der Waals surface area contributed by atoms with E-state index in [2.05, 4.69) is 0 Å². The maximum Gasteiger partial charge on any atom is 0.330 e. The Morgan fingerprint density at radius 2 is 1.18 bits per heavy atom. The highest BCUT2D eigenvalue weighted by atomic mass is 16.5. The molecule has 0 bridgehead atoms. The minimum Gasteiger partial charge on any atom is -0.460 e. The zero-order valence-electron chi connectivity index (χ0n) is 13.0. The second-order valence-corrected chi connectivity index (χ2v) is 5.50. The summed E-state index contributed by atoms with van der Waals surface area (Å²) in [5.74, 6) is -1.05. The van der Waals surface area contributed by atoms with Gasteiger partial charge < -0.3 is 19.7 Å². The first-order chi connectivity index (χ1) is 10.4. The molecule has 0 aromatic rings. The summed E-state index contributed by atoms with van der Waals surface area (Å²) in [6.07, 6.45) is 4.44. The average Bonchev–Trinajstić information content (AvgIpc) is 2.46. The molecule has 6 nitrogen and oxygen atoms in total. The minimum absolute atomic E-state index is 0.361. The van der Waals surface area contributed by atoms with Crippen molar-refractivity contribution >= 4 is 11.9 Å². The van der Waals surface area contributed by atoms with Gasteiger partial charge in [-0.1, -0.05) is 0 Å². The summed E-state index contributed by atoms with van der Waals surface area (Å²) in [6.45, 7) is 3.44. The first kappa shape index (κ1) is 18.4. The molecule has 0 radical (unpaired) electrons. The summed E-state index contributed by atoms with van der Waals surface area (Å²) in [5, 5.41) is 19.5. The van der Waals surface area contributed by atoms with Crippen molar-refractivity contribution in [3.05, 3.63) is 24.3 Å². The molecule has 1 aliphatic heterocycles. The van der Waals surface area contributed by atoms with Crippen LogP contribution in [0.25, 0.3) is 0 Å². The summed E-state index contributed by atoms with van der Waals surface area (Å²) in [7, 11) is 0. The van der Waals surface area contributed by atoms with Crippen LogP contribution in [-0.2, 0) is 19.1 Å². The van der Waals surface area contributed by atoms with Crippen molar-refractivity contribution in [2.75, 3.05) is 0 Å². The average molecular weight is 312 g/mol. The third-order valence-electron chi connectivity index (χ3n) is 3.28. The Morgan fingerprint density at radius 3 is 1.55 bits per heavy atom. The predicted octanol–water partition coefficient (Wildman–Crippen LogP) is 1.26. The van der Waals surface area contributed by atoms with Gasteiger partial charge in [0.2, 0.25) is 0 Å². The van der Waals surface area contributed by atoms with Crippen molar-refractivity contribution in [1.82, 2.24) is 0 Å². The van der Waals surface area contributed by atoms with Crippen LogP contribution in [0.1, 0.15) is 39.5 Å². The number of ether oxygens (including phenoxy) is 2. The summed E-state index contributed by atoms with van der Waals surface area (Å²) in [4.78, 5) is 23.1. The van der Waals surface area contributed by atoms with Gasteiger partial charge in [0.1, 0.15) is 0 Å². The lowest BCUT2D eigenvalue weighted by molar-refractivity contribution is -0.143. The predicted molar refractivity (Wildman–Crippen MR) is 79.9 cm³/mol. The largest absolute Gasteiger partial charge is 0.460 e. The van der Waals surface area contributed by atoms with Crippen LogP contribution in [0.15, 0.2) is 24.3 Å². The SMILES string of the molecule is C[C@@H]1CC[C@H](O)C=CC(=O)O[C@H](C)CC[C@@H](O)C=CC(=O)O1. The van der Waals surface area contributed by atoms with Gasteiger partial charge in [0.25, 0.3) is 0 Å². The Kier molecular flexibility index (Phi) is 7.84. The lowest BCUT2D eigenvalue weighted by Crippen LogP contribution is -2.18. The van der Waals surface area contributed by atoms with Crippen molar-refractivity contribution < 1.29 is 29.3 Å². The van der Waals surface area contributed by atoms with E-state index < -0.39 is 24.1 Å². The normalized spacial score (nSPS) is 32.4. The Labute approximate surface area is 130 Å². The van der Waals surface area contributed by atoms with Crippen LogP contribution in [-0.4, -0.2) is 46.6 Å². The molecule has 6 heteroatoms. The maximum atomic E-state index is 11.6. The van der Waals surface area contributed by atoms with E-state index in [-0.39, 0.29) is 12.2 Å². The molecule has 0 aromatic heterocycles. The molecule has 0 aromatic carbocycles. The van der Waals surface area contributed by atoms with Crippen molar-refractivity contribution in [2.45, 2.75) is 63.9 Å². The van der Waals surface area contributed by atoms with E-state index in [1.165, 1.54) is 24.3 Å². The van der Waals surface area contributed by atoms with Gasteiger partial charge in [0.05, 0.1) is 24.4 Å². The Morgan fingerprint density at radius 1 is 0.818 bits per heavy atom. The Hall–Kier alpha value is -1.66. The quantitative estimate of drug-likeness (QED) is 0.654. The van der Waals surface area contributed by atoms with Gasteiger partial charge in [-0.05, 0) is 51.7 Å². The standard InChI is InChI=1S/C16H24O6/c1-11-3-5-13(17)8-10-16(20)22-12(2)4-6-14(18)7-9-15(19)21-11/h7-14,17-18H,3-6H2,1-2H3/t11-,12-,13-,14+/m1/s1. The number of rotatable bonds is 0. The van der Waals surface area contributed by atoms with E-state index in [1.807, 2.05) is 0 Å². The van der Waals surface area contributed by atoms with Crippen molar-refractivity contribution in [1.29, 1.82) is 0 Å². The number of aliphatic hydroxyl groups excluding tert-OH is 2. The molecule has 0 saturated carbocycles. The van der Waals surface area contributed by atoms with Gasteiger partial charge in [0, 0.05) is 12.2 Å². The topological polar surface area (TPSA) is 93.1 Å². The molecule has 0 unspecified atom stereocenters. The maximum absolute atomic E-state index is 11.6. The molecule has 0 aliphatic carbocycles. The number of carbonyl (C=O) groups excluding carboxylic acids is 2. The number of cyclic esters (lactones) is 2. The fourth-order valence-electron chi connectivity index (χ4n) is 1.98. The highest BCUT2D eigenvalue weighted by Gasteiger charge is 2.13. The molecule has 22 heavy (non-hydrogen) atoms. The number of hydrogen-bond acceptors (Lipinski definition) is 6. The molecule has 1 rings (SSSR count). The number of aliphatic hydroxyl groups is 2. The third kappa shape index (κ3) is 7.95. The Balaban J connectivity index is 2.70. The van der Waals surface area contributed by atoms with Gasteiger partial charge in [-0.3, -0.25) is 0 Å². The van der Waals surface area contributed by atoms with Crippen LogP contribution in [0.3, 0.4) is 0 Å². The second-order valence-electron chi connectivity index (χ2n) is 5.50. The number of hydrogen-bond donors (Lipinski definition) is 2. The number of esters is 2. The molecule has 0 saturated heterocycles. The zero-order chi connectivity index (χ0) is 16.5. The fourth-order valence-corrected chi connectivity index (χ4v) is 1.98. The van der Waals surface area contributed by atoms with E-state index >= 15 is 0 Å². The first-order valence-electron chi connectivity index (χ1n) is 7.50. The summed E-state index contributed by atoms with van der Waals surface area (Å²) < 4.78 is 10.3. The molecule has 124 valence electrons. The van der Waals surface area contributed by atoms with Crippen LogP contribution >= 0.6 is 0 Å². The zero-order valence-corrected chi connectivity index (χ0v) is 13.0. The van der Waals surface area contributed by atoms with E-state index in [0.717, 1.165) is 0 Å². The van der Waals surface area contributed by atoms with E-state index in [4.69, 9.17) is 9.47 Å². The van der Waals surface area contributed by atoms with E-state index in [1.54, 1.807) is 13.8 Å². The van der Waals surface area contributed by atoms with Gasteiger partial charge in [-0.15, -0.1) is 0 Å². The molecule has 4 atom stereocenters. The van der Waals surface area contributed by atoms with Crippen LogP contribution in [0.2, 0.25) is 0 Å². The van der Waals surface area contributed by atoms with Crippen molar-refractivity contribution in [3.63, 3.8) is 0 Å². The monoisotopic (exact) mass is 312 g/mol. The third-order valence-corrected chi connectivity index (χ3v) is 3.28. The van der Waals surface area contributed by atoms with Gasteiger partial charge in [0.15, 0.2) is 0 Å². The molecule has 2 N–H and O–H groups in total. The minimum atomic E-state index is -0.797. The van der Waals surface area contributed by atoms with Gasteiger partial charge >= 0.3 is 11.9 Å². The Bertz CT molecular complexity index is 388. The number of carbonyl (C=O) groups is 2. The van der Waals surface area contributed by atoms with E-state index in [9.17, 15) is 19.8 Å². The summed E-state index contributed by atoms with van der Waals surface area (Å²) in [5.41, 5.74) is 0. The smallest absolute Gasteiger partial charge is 0.330 e. The molecule has 0 amide bonds. The van der Waals surface area contributed by atoms with Gasteiger partial charge in [-0.2, -0.15) is 0 Å². The molecular weight excluding hydrogens is 288 g/mol. The van der Waals surface area contributed by atoms with E-state index in [0.29, 0.717) is 25.7 Å². The van der Waals surface area contributed by atoms with Crippen LogP contribution < -0.4 is 0 Å². The fraction of sp³-hybridized carbons (Fsp3) is 0.625. The highest BCUT2D eigenvalue weighted by Crippen LogP contribution is 2.10. The van der Waals surface area contributed by atoms with Crippen LogP contribution in [0.5, 0.6) is 0 Å². The lowest BCUT2D eigenvalue weighted by Gasteiger charge is -2.15. The molecular formula is C16H24O6. The molecule has 1 heterocycles. The van der Waals surface area contributed by atoms with Crippen molar-refractivity contribution in [3.8, 4) is 0 Å². The highest BCUT2D eigenvalue weighted by molar-refractivity contribution is 5.82. The summed E-state index contributed by atoms with van der Waals surface area (Å²) >= 11 is 0. The van der Waals surface area contributed by atoms with Crippen LogP contribution in [0, 0.1) is 0 Å². The van der Waals surface area contributed by atoms with Crippen molar-refractivity contribution in [2.24, 2.45) is 0 Å². The molecule has 0 fully saturated rings. The second kappa shape index (κ2) is 9.38. The van der Waals surface area contributed by atoms with Gasteiger partial charge in [-0.25, -0.2) is 9.59 Å². The first-order valence-corrected chi connectivity index (χ1v) is 7.50. The lowest BCUT2D eigenvalue weighted by atomic mass is 10.1. The molecule has 1 aliphatic rings.